The van der Waals surface area contributed by atoms with E-state index in [-0.39, 0.29) is 30.9 Å². The van der Waals surface area contributed by atoms with Crippen molar-refractivity contribution >= 4 is 97.6 Å². The summed E-state index contributed by atoms with van der Waals surface area (Å²) >= 11 is 0. The van der Waals surface area contributed by atoms with Crippen molar-refractivity contribution in [3.05, 3.63) is 70.9 Å². The molecule has 5 aliphatic heterocycles. The number of aromatic nitrogens is 1. The topological polar surface area (TPSA) is 624 Å². The van der Waals surface area contributed by atoms with Gasteiger partial charge in [0.1, 0.15) is 78.6 Å². The molecule has 7 amide bonds. The molecule has 119 heavy (non-hydrogen) atoms. The van der Waals surface area contributed by atoms with Crippen molar-refractivity contribution in [2.24, 2.45) is 11.3 Å². The Labute approximate surface area is 693 Å². The summed E-state index contributed by atoms with van der Waals surface area (Å²) in [5, 5.41) is 172. The van der Waals surface area contributed by atoms with E-state index in [1.807, 2.05) is 56.3 Å². The minimum atomic E-state index is -2.74. The van der Waals surface area contributed by atoms with Gasteiger partial charge in [0, 0.05) is 128 Å². The van der Waals surface area contributed by atoms with E-state index in [9.17, 15) is 110 Å². The summed E-state index contributed by atoms with van der Waals surface area (Å²) < 4.78 is 17.8. The number of nitrogens with zero attached hydrogens (tertiary/aromatic N) is 3. The zero-order valence-electron chi connectivity index (χ0n) is 67.0. The number of ether oxygens (including phenoxy) is 3. The number of fused-ring (bicyclic) bond motifs is 6. The molecular weight excluding hydrogens is 1610 g/mol. The second kappa shape index (κ2) is 40.7. The lowest BCUT2D eigenvalue weighted by atomic mass is 9.47. The molecule has 22 atom stereocenters. The number of esters is 1. The molecule has 42 heteroatoms. The van der Waals surface area contributed by atoms with Crippen LogP contribution >= 0.6 is 21.6 Å². The van der Waals surface area contributed by atoms with Gasteiger partial charge in [-0.2, -0.15) is 0 Å². The van der Waals surface area contributed by atoms with Gasteiger partial charge < -0.3 is 133 Å². The zero-order valence-corrected chi connectivity index (χ0v) is 68.6. The molecule has 9 rings (SSSR count). The number of anilines is 1. The van der Waals surface area contributed by atoms with Gasteiger partial charge in [-0.1, -0.05) is 65.8 Å². The lowest BCUT2D eigenvalue weighted by molar-refractivity contribution is -0.204. The van der Waals surface area contributed by atoms with E-state index in [1.165, 1.54) is 21.3 Å². The normalized spacial score (nSPS) is 27.3. The summed E-state index contributed by atoms with van der Waals surface area (Å²) in [6, 6.07) is 3.02. The number of methoxy groups -OCH3 is 2. The van der Waals surface area contributed by atoms with Crippen LogP contribution in [0.1, 0.15) is 107 Å². The second-order valence-electron chi connectivity index (χ2n) is 31.5. The summed E-state index contributed by atoms with van der Waals surface area (Å²) in [5.41, 5.74) is 0.571. The molecule has 0 radical (unpaired) electrons. The molecule has 3 fully saturated rings. The van der Waals surface area contributed by atoms with E-state index in [4.69, 9.17) is 19.3 Å². The van der Waals surface area contributed by atoms with Crippen LogP contribution in [0.4, 0.5) is 10.5 Å². The number of carboxylic acid groups (broad SMARTS) is 2. The van der Waals surface area contributed by atoms with Gasteiger partial charge >= 0.3 is 24.0 Å². The highest BCUT2D eigenvalue weighted by Crippen LogP contribution is 2.68. The fourth-order valence-electron chi connectivity index (χ4n) is 18.4. The van der Waals surface area contributed by atoms with E-state index in [1.54, 1.807) is 18.0 Å². The molecule has 1 saturated carbocycles. The molecule has 24 N–H and O–H groups in total. The third-order valence-corrected chi connectivity index (χ3v) is 26.8. The number of hydrogen-bond donors (Lipinski definition) is 24. The number of rotatable bonds is 41. The number of H-pyrrole nitrogens is 1. The van der Waals surface area contributed by atoms with E-state index in [0.717, 1.165) is 38.1 Å². The number of para-hydroxylation sites is 1. The number of carbonyl (C=O) groups excluding carboxylic acids is 8. The highest BCUT2D eigenvalue weighted by atomic mass is 33.1. The van der Waals surface area contributed by atoms with Crippen LogP contribution in [-0.4, -0.2) is 359 Å². The van der Waals surface area contributed by atoms with E-state index >= 15 is 9.59 Å². The fraction of sp³-hybridized carbons (Fsp3) is 0.662. The largest absolute Gasteiger partial charge is 0.496 e. The smallest absolute Gasteiger partial charge is 0.426 e. The molecule has 1 unspecified atom stereocenters. The molecule has 1 aromatic heterocycles. The molecule has 2 aromatic carbocycles. The number of piperidine rings is 1. The van der Waals surface area contributed by atoms with Gasteiger partial charge in [-0.05, 0) is 101 Å². The van der Waals surface area contributed by atoms with Crippen LogP contribution in [0.15, 0.2) is 48.6 Å². The van der Waals surface area contributed by atoms with Gasteiger partial charge in [-0.15, -0.1) is 0 Å². The minimum absolute atomic E-state index is 0.0676. The lowest BCUT2D eigenvalue weighted by Crippen LogP contribution is -2.82. The Morgan fingerprint density at radius 3 is 1.86 bits per heavy atom. The van der Waals surface area contributed by atoms with Crippen molar-refractivity contribution in [3.8, 4) is 5.75 Å². The number of carbonyl (C=O) groups is 10. The van der Waals surface area contributed by atoms with Crippen molar-refractivity contribution in [2.45, 2.75) is 204 Å². The van der Waals surface area contributed by atoms with Crippen LogP contribution < -0.4 is 52.4 Å². The Morgan fingerprint density at radius 2 is 1.29 bits per heavy atom. The number of aliphatic hydroxyl groups excluding tert-OH is 11. The van der Waals surface area contributed by atoms with E-state index < -0.39 is 249 Å². The Kier molecular flexibility index (Phi) is 32.4. The second-order valence-corrected chi connectivity index (χ2v) is 34.2. The molecule has 2 bridgehead atoms. The maximum absolute atomic E-state index is 15.6. The average molecular weight is 1720 g/mol. The van der Waals surface area contributed by atoms with Gasteiger partial charge in [0.2, 0.25) is 29.5 Å². The Hall–Kier alpha value is -8.12. The number of aromatic amines is 1. The molecular formula is C77H114N12O28S2. The third kappa shape index (κ3) is 20.0. The Morgan fingerprint density at radius 1 is 0.697 bits per heavy atom. The predicted molar refractivity (Wildman–Crippen MR) is 426 cm³/mol. The summed E-state index contributed by atoms with van der Waals surface area (Å²) in [6.45, 7) is 2.56. The quantitative estimate of drug-likeness (QED) is 0.00827. The van der Waals surface area contributed by atoms with Crippen LogP contribution in [0.3, 0.4) is 0 Å². The van der Waals surface area contributed by atoms with Crippen molar-refractivity contribution < 1.29 is 139 Å². The highest BCUT2D eigenvalue weighted by molar-refractivity contribution is 8.76. The molecule has 1 spiro atoms. The molecule has 6 aliphatic rings. The SMILES string of the molecule is CC[C@]1(O)C[C@H]2CN(CCc3c([nH]c4ccccc34)[C@@](C(=O)OC)(c3cc4c(cc3OC)N(C)[C@H]3[C@@](O)(C(=O)NNC(=O)OCCSSC[C@H](NC(=O)[C@H](CCC(=O)NC[C@H](O)[C@@H](O)[C@H](O)[C@H](O)CO)NC(=O)[C@H](CCC(=O)O)NC(=O)[C@H](CCC(=O)NC[C@H](O)[C@@H](O)[C@H](O)[C@H](O)CO)NC)C(=O)O)[C@H](O)[C@]5(CC)C=CCN6CC[C@]43[C@@H]65)C2)C1. The van der Waals surface area contributed by atoms with Crippen LogP contribution in [0.2, 0.25) is 0 Å². The third-order valence-electron chi connectivity index (χ3n) is 24.4. The minimum Gasteiger partial charge on any atom is -0.496 e. The number of hydrazine groups is 1. The van der Waals surface area contributed by atoms with Gasteiger partial charge in [-0.25, -0.2) is 15.0 Å². The van der Waals surface area contributed by atoms with Crippen LogP contribution in [0, 0.1) is 11.3 Å². The van der Waals surface area contributed by atoms with Crippen molar-refractivity contribution in [3.63, 3.8) is 0 Å². The molecule has 2 saturated heterocycles. The van der Waals surface area contributed by atoms with Gasteiger partial charge in [-0.3, -0.25) is 53.6 Å². The fourth-order valence-corrected chi connectivity index (χ4v) is 20.3. The molecule has 40 nitrogen and oxygen atoms in total. The van der Waals surface area contributed by atoms with Gasteiger partial charge in [0.25, 0.3) is 5.91 Å². The zero-order chi connectivity index (χ0) is 87.4. The number of benzene rings is 2. The Balaban J connectivity index is 0.877. The predicted octanol–water partition coefficient (Wildman–Crippen LogP) is -5.96. The van der Waals surface area contributed by atoms with Crippen LogP contribution in [0.25, 0.3) is 10.9 Å². The molecule has 1 aliphatic carbocycles. The number of likely N-dealkylation sites (N-methyl/N-ethyl adjacent to an activating group) is 2. The summed E-state index contributed by atoms with van der Waals surface area (Å²) in [6.07, 6.45) is -16.4. The summed E-state index contributed by atoms with van der Waals surface area (Å²) in [5.74, 6) is -10.5. The first-order valence-corrected chi connectivity index (χ1v) is 42.1. The number of hydrogen-bond acceptors (Lipinski definition) is 32. The number of nitrogens with one attached hydrogen (secondary N) is 9. The van der Waals surface area contributed by atoms with Crippen LogP contribution in [0.5, 0.6) is 5.75 Å². The molecule has 3 aromatic rings. The first-order chi connectivity index (χ1) is 56.4. The highest BCUT2D eigenvalue weighted by Gasteiger charge is 2.79. The van der Waals surface area contributed by atoms with Gasteiger partial charge in [0.05, 0.1) is 57.3 Å². The monoisotopic (exact) mass is 1720 g/mol. The number of amides is 7. The first-order valence-electron chi connectivity index (χ1n) is 39.6. The lowest BCUT2D eigenvalue weighted by Gasteiger charge is -2.63. The van der Waals surface area contributed by atoms with Crippen LogP contribution in [-0.2, 0) is 69.9 Å². The number of aliphatic hydroxyl groups is 13. The van der Waals surface area contributed by atoms with Crippen molar-refractivity contribution in [1.82, 2.24) is 57.5 Å². The summed E-state index contributed by atoms with van der Waals surface area (Å²) in [7, 11) is 7.64. The molecule has 6 heterocycles. The number of carboxylic acids is 2. The van der Waals surface area contributed by atoms with Crippen molar-refractivity contribution in [2.75, 3.05) is 110 Å². The van der Waals surface area contributed by atoms with E-state index in [2.05, 4.69) is 57.5 Å². The Bertz CT molecular complexity index is 4150. The van der Waals surface area contributed by atoms with Crippen molar-refractivity contribution in [1.29, 1.82) is 0 Å². The average Bonchev–Trinajstić information content (AvgIpc) is 1.48. The standard InChI is InChI=1S/C77H114N12O28S2/c1-7-73(113)30-39-31-76(71(111)116-6,62-41(20-24-88(34-39)38-73)40-12-9-10-13-44(40)81-62)43-28-42-49(29-54(43)115-5)87(4)68-75(42)22-25-89-23-11-21-74(8-2,67(75)89)69(109)77(68,114)70(110)85-86-72(112)117-26-27-118-119-37-48(66(107)108)84-65(106)46(15-18-56(97)80-33-51(93)59(101)61(103)53(95)36-91)83-64(105)47(16-19-57(98)99)82-63(104)45(78-3)14-17-55(96)79-32-50(92)58(100)60(102)52(94)35-90/h9-13,21,28-29,39,45-48,50-53,58-61,67-69,78,81,90-95,100-103,109,113-114H,7-8,14-20,22-27,30-38H2,1-6H3,(H,79,96)(H,80,97)(H,82,104)(H,83,105)(H,84,106)(H,85,110)(H,86,112)(H,98,99)(H,107,108)/t39-,45+,46+,47+,48+,50+,51+,52-,53-,58-,59-,60-,61-,67+,68-,69-,73+,74-,75-,76+,77+/m1/s1. The molecule has 662 valence electrons. The maximum atomic E-state index is 15.6. The summed E-state index contributed by atoms with van der Waals surface area (Å²) in [4.78, 5) is 147. The van der Waals surface area contributed by atoms with Gasteiger partial charge in [0.15, 0.2) is 5.60 Å². The maximum Gasteiger partial charge on any atom is 0.426 e. The number of aliphatic carboxylic acids is 2. The van der Waals surface area contributed by atoms with E-state index in [0.29, 0.717) is 86.7 Å². The first kappa shape index (κ1) is 94.7.